The summed E-state index contributed by atoms with van der Waals surface area (Å²) in [6, 6.07) is 10.2. The van der Waals surface area contributed by atoms with E-state index in [1.54, 1.807) is 12.4 Å². The van der Waals surface area contributed by atoms with Gasteiger partial charge in [-0.25, -0.2) is 0 Å². The number of fused-ring (bicyclic) bond motifs is 1. The lowest BCUT2D eigenvalue weighted by atomic mass is 10.1. The van der Waals surface area contributed by atoms with Crippen molar-refractivity contribution in [3.8, 4) is 11.5 Å². The summed E-state index contributed by atoms with van der Waals surface area (Å²) in [5.41, 5.74) is 2.61. The van der Waals surface area contributed by atoms with E-state index in [1.165, 1.54) is 11.1 Å². The van der Waals surface area contributed by atoms with Crippen LogP contribution in [0.5, 0.6) is 11.5 Å². The van der Waals surface area contributed by atoms with Crippen molar-refractivity contribution >= 4 is 5.96 Å². The molecule has 1 aromatic carbocycles. The average molecular weight is 354 g/mol. The van der Waals surface area contributed by atoms with E-state index in [0.29, 0.717) is 13.2 Å². The van der Waals surface area contributed by atoms with Crippen molar-refractivity contribution in [1.82, 2.24) is 15.6 Å². The molecule has 0 spiro atoms. The number of nitrogens with zero attached hydrogens (tertiary/aromatic N) is 2. The van der Waals surface area contributed by atoms with Gasteiger partial charge in [-0.2, -0.15) is 0 Å². The van der Waals surface area contributed by atoms with Crippen LogP contribution >= 0.6 is 0 Å². The molecule has 6 nitrogen and oxygen atoms in total. The fourth-order valence-corrected chi connectivity index (χ4v) is 2.80. The highest BCUT2D eigenvalue weighted by molar-refractivity contribution is 5.79. The van der Waals surface area contributed by atoms with Crippen LogP contribution in [-0.4, -0.2) is 43.8 Å². The largest absolute Gasteiger partial charge is 0.493 e. The van der Waals surface area contributed by atoms with Gasteiger partial charge in [-0.05, 0) is 42.7 Å². The number of hydrogen-bond acceptors (Lipinski definition) is 4. The number of rotatable bonds is 8. The second-order valence-electron chi connectivity index (χ2n) is 6.02. The molecule has 1 aliphatic rings. The normalized spacial score (nSPS) is 13.0. The molecule has 0 radical (unpaired) electrons. The van der Waals surface area contributed by atoms with Gasteiger partial charge in [0.15, 0.2) is 5.96 Å². The summed E-state index contributed by atoms with van der Waals surface area (Å²) in [7, 11) is 0. The third-order valence-electron chi connectivity index (χ3n) is 4.07. The van der Waals surface area contributed by atoms with Gasteiger partial charge in [0, 0.05) is 25.7 Å². The molecule has 2 heterocycles. The Morgan fingerprint density at radius 1 is 1.31 bits per heavy atom. The predicted molar refractivity (Wildman–Crippen MR) is 103 cm³/mol. The Morgan fingerprint density at radius 2 is 2.27 bits per heavy atom. The molecule has 0 amide bonds. The number of benzene rings is 1. The lowest BCUT2D eigenvalue weighted by Crippen LogP contribution is -2.39. The van der Waals surface area contributed by atoms with Gasteiger partial charge in [-0.15, -0.1) is 0 Å². The van der Waals surface area contributed by atoms with Gasteiger partial charge in [-0.3, -0.25) is 9.98 Å². The van der Waals surface area contributed by atoms with Gasteiger partial charge >= 0.3 is 0 Å². The van der Waals surface area contributed by atoms with Gasteiger partial charge in [0.25, 0.3) is 0 Å². The number of aromatic nitrogens is 1. The second kappa shape index (κ2) is 9.65. The van der Waals surface area contributed by atoms with Gasteiger partial charge in [0.1, 0.15) is 18.1 Å². The summed E-state index contributed by atoms with van der Waals surface area (Å²) in [6.07, 6.45) is 5.36. The summed E-state index contributed by atoms with van der Waals surface area (Å²) < 4.78 is 11.2. The zero-order valence-corrected chi connectivity index (χ0v) is 15.2. The molecule has 1 aromatic heterocycles. The van der Waals surface area contributed by atoms with E-state index in [1.807, 2.05) is 12.1 Å². The van der Waals surface area contributed by atoms with E-state index in [4.69, 9.17) is 9.47 Å². The summed E-state index contributed by atoms with van der Waals surface area (Å²) in [5.74, 6) is 2.62. The standard InChI is InChI=1S/C20H26N4O2/c1-2-22-20(24-11-13-25-18-4-3-9-21-15-18)23-10-7-16-5-6-19-17(14-16)8-12-26-19/h3-6,9,14-15H,2,7-8,10-13H2,1H3,(H2,22,23,24). The zero-order valence-electron chi connectivity index (χ0n) is 15.2. The maximum absolute atomic E-state index is 5.63. The van der Waals surface area contributed by atoms with Crippen LogP contribution in [0.25, 0.3) is 0 Å². The van der Waals surface area contributed by atoms with Crippen molar-refractivity contribution in [2.24, 2.45) is 4.99 Å². The Kier molecular flexibility index (Phi) is 6.70. The molecule has 26 heavy (non-hydrogen) atoms. The Hall–Kier alpha value is -2.76. The van der Waals surface area contributed by atoms with Gasteiger partial charge in [0.2, 0.25) is 0 Å². The van der Waals surface area contributed by atoms with Crippen molar-refractivity contribution in [3.05, 3.63) is 53.9 Å². The first kappa shape index (κ1) is 18.0. The highest BCUT2D eigenvalue weighted by Crippen LogP contribution is 2.25. The predicted octanol–water partition coefficient (Wildman–Crippen LogP) is 2.19. The van der Waals surface area contributed by atoms with Crippen molar-refractivity contribution in [3.63, 3.8) is 0 Å². The molecule has 0 unspecified atom stereocenters. The fourth-order valence-electron chi connectivity index (χ4n) is 2.80. The number of guanidine groups is 1. The van der Waals surface area contributed by atoms with Crippen molar-refractivity contribution in [2.45, 2.75) is 19.8 Å². The molecule has 2 N–H and O–H groups in total. The van der Waals surface area contributed by atoms with E-state index in [-0.39, 0.29) is 0 Å². The van der Waals surface area contributed by atoms with Crippen molar-refractivity contribution < 1.29 is 9.47 Å². The van der Waals surface area contributed by atoms with Crippen LogP contribution in [0.2, 0.25) is 0 Å². The van der Waals surface area contributed by atoms with E-state index < -0.39 is 0 Å². The maximum atomic E-state index is 5.63. The number of pyridine rings is 1. The molecule has 0 saturated carbocycles. The topological polar surface area (TPSA) is 67.8 Å². The Bertz CT molecular complexity index is 719. The minimum atomic E-state index is 0.556. The van der Waals surface area contributed by atoms with E-state index in [9.17, 15) is 0 Å². The lowest BCUT2D eigenvalue weighted by Gasteiger charge is -2.12. The minimum absolute atomic E-state index is 0.556. The summed E-state index contributed by atoms with van der Waals surface area (Å²) >= 11 is 0. The van der Waals surface area contributed by atoms with E-state index in [0.717, 1.165) is 50.0 Å². The van der Waals surface area contributed by atoms with Gasteiger partial charge < -0.3 is 20.1 Å². The summed E-state index contributed by atoms with van der Waals surface area (Å²) in [4.78, 5) is 8.67. The molecule has 0 aliphatic carbocycles. The van der Waals surface area contributed by atoms with Crippen LogP contribution in [0.3, 0.4) is 0 Å². The first-order valence-corrected chi connectivity index (χ1v) is 9.15. The van der Waals surface area contributed by atoms with E-state index in [2.05, 4.69) is 45.7 Å². The third kappa shape index (κ3) is 5.37. The SMILES string of the molecule is CCNC(=NCCc1ccc2c(c1)CCO2)NCCOc1cccnc1. The highest BCUT2D eigenvalue weighted by atomic mass is 16.5. The second-order valence-corrected chi connectivity index (χ2v) is 6.02. The van der Waals surface area contributed by atoms with Crippen LogP contribution < -0.4 is 20.1 Å². The molecule has 1 aliphatic heterocycles. The van der Waals surface area contributed by atoms with Crippen LogP contribution in [0.1, 0.15) is 18.1 Å². The quantitative estimate of drug-likeness (QED) is 0.432. The fraction of sp³-hybridized carbons (Fsp3) is 0.400. The lowest BCUT2D eigenvalue weighted by molar-refractivity contribution is 0.320. The Labute approximate surface area is 154 Å². The Morgan fingerprint density at radius 3 is 3.12 bits per heavy atom. The van der Waals surface area contributed by atoms with Crippen molar-refractivity contribution in [1.29, 1.82) is 0 Å². The van der Waals surface area contributed by atoms with Crippen LogP contribution in [0, 0.1) is 0 Å². The first-order valence-electron chi connectivity index (χ1n) is 9.15. The van der Waals surface area contributed by atoms with Crippen LogP contribution in [0.4, 0.5) is 0 Å². The van der Waals surface area contributed by atoms with Crippen molar-refractivity contribution in [2.75, 3.05) is 32.8 Å². The monoisotopic (exact) mass is 354 g/mol. The van der Waals surface area contributed by atoms with Gasteiger partial charge in [-0.1, -0.05) is 12.1 Å². The molecule has 0 fully saturated rings. The zero-order chi connectivity index (χ0) is 18.0. The number of aliphatic imine (C=N–C) groups is 1. The molecule has 0 saturated heterocycles. The molecule has 138 valence electrons. The number of nitrogens with one attached hydrogen (secondary N) is 2. The Balaban J connectivity index is 1.43. The maximum Gasteiger partial charge on any atom is 0.191 e. The number of hydrogen-bond donors (Lipinski definition) is 2. The van der Waals surface area contributed by atoms with Crippen LogP contribution in [-0.2, 0) is 12.8 Å². The smallest absolute Gasteiger partial charge is 0.191 e. The molecule has 0 bridgehead atoms. The molecular formula is C20H26N4O2. The highest BCUT2D eigenvalue weighted by Gasteiger charge is 2.11. The molecule has 2 aromatic rings. The molecule has 6 heteroatoms. The third-order valence-corrected chi connectivity index (χ3v) is 4.07. The summed E-state index contributed by atoms with van der Waals surface area (Å²) in [5, 5.41) is 6.55. The summed E-state index contributed by atoms with van der Waals surface area (Å²) in [6.45, 7) is 5.65. The first-order chi connectivity index (χ1) is 12.8. The van der Waals surface area contributed by atoms with Crippen LogP contribution in [0.15, 0.2) is 47.7 Å². The average Bonchev–Trinajstić information content (AvgIpc) is 3.14. The molecule has 0 atom stereocenters. The minimum Gasteiger partial charge on any atom is -0.493 e. The van der Waals surface area contributed by atoms with Gasteiger partial charge in [0.05, 0.1) is 19.3 Å². The van der Waals surface area contributed by atoms with E-state index >= 15 is 0 Å². The molecular weight excluding hydrogens is 328 g/mol. The number of ether oxygens (including phenoxy) is 2. The molecule has 3 rings (SSSR count).